The van der Waals surface area contributed by atoms with Crippen molar-refractivity contribution >= 4 is 0 Å². The van der Waals surface area contributed by atoms with Crippen LogP contribution in [0, 0.1) is 0 Å². The predicted molar refractivity (Wildman–Crippen MR) is 45.9 cm³/mol. The van der Waals surface area contributed by atoms with Gasteiger partial charge in [-0.3, -0.25) is 0 Å². The van der Waals surface area contributed by atoms with Gasteiger partial charge in [-0.1, -0.05) is 18.2 Å². The molecule has 2 heteroatoms. The van der Waals surface area contributed by atoms with Crippen LogP contribution in [-0.4, -0.2) is 6.10 Å². The van der Waals surface area contributed by atoms with Crippen LogP contribution in [0.2, 0.25) is 0 Å². The monoisotopic (exact) mass is 159 g/mol. The second-order valence-corrected chi connectivity index (χ2v) is 3.12. The fraction of sp³-hybridized carbons (Fsp3) is 0.200. The Bertz CT molecular complexity index is 345. The smallest absolute Gasteiger partial charge is 0.143 e. The third kappa shape index (κ3) is 0.644. The summed E-state index contributed by atoms with van der Waals surface area (Å²) in [7, 11) is 0. The fourth-order valence-corrected chi connectivity index (χ4v) is 1.83. The number of fused-ring (bicyclic) bond motifs is 3. The first-order valence-corrected chi connectivity index (χ1v) is 4.13. The van der Waals surface area contributed by atoms with E-state index < -0.39 is 0 Å². The van der Waals surface area contributed by atoms with Crippen molar-refractivity contribution in [2.45, 2.75) is 12.1 Å². The van der Waals surface area contributed by atoms with Crippen LogP contribution in [0.15, 0.2) is 36.5 Å². The number of ether oxygens (including phenoxy) is 1. The zero-order valence-corrected chi connectivity index (χ0v) is 6.53. The summed E-state index contributed by atoms with van der Waals surface area (Å²) in [4.78, 5) is 0. The molecule has 0 fully saturated rings. The Hall–Kier alpha value is -1.44. The van der Waals surface area contributed by atoms with E-state index in [9.17, 15) is 0 Å². The largest absolute Gasteiger partial charge is 0.483 e. The Morgan fingerprint density at radius 2 is 2.17 bits per heavy atom. The van der Waals surface area contributed by atoms with Gasteiger partial charge in [-0.25, -0.2) is 0 Å². The molecule has 0 saturated carbocycles. The highest BCUT2D eigenvalue weighted by molar-refractivity contribution is 5.43. The van der Waals surface area contributed by atoms with Crippen molar-refractivity contribution in [1.29, 1.82) is 0 Å². The van der Waals surface area contributed by atoms with Gasteiger partial charge in [0.15, 0.2) is 0 Å². The molecule has 0 spiro atoms. The molecule has 0 aliphatic carbocycles. The second-order valence-electron chi connectivity index (χ2n) is 3.12. The van der Waals surface area contributed by atoms with Crippen LogP contribution in [0.3, 0.4) is 0 Å². The first-order chi connectivity index (χ1) is 5.95. The quantitative estimate of drug-likeness (QED) is 0.621. The molecule has 2 atom stereocenters. The lowest BCUT2D eigenvalue weighted by Crippen LogP contribution is -2.18. The number of hydrogen-bond acceptors (Lipinski definition) is 2. The molecule has 2 nitrogen and oxygen atoms in total. The van der Waals surface area contributed by atoms with E-state index in [2.05, 4.69) is 17.5 Å². The summed E-state index contributed by atoms with van der Waals surface area (Å²) in [6.45, 7) is 0. The molecule has 2 heterocycles. The third-order valence-electron chi connectivity index (χ3n) is 2.41. The van der Waals surface area contributed by atoms with Crippen molar-refractivity contribution in [3.8, 4) is 5.75 Å². The first kappa shape index (κ1) is 6.12. The van der Waals surface area contributed by atoms with Crippen molar-refractivity contribution in [2.75, 3.05) is 0 Å². The van der Waals surface area contributed by atoms with E-state index in [1.165, 1.54) is 5.56 Å². The molecule has 2 aliphatic heterocycles. The molecule has 0 bridgehead atoms. The number of para-hydroxylation sites is 1. The molecular weight excluding hydrogens is 150 g/mol. The molecular formula is C10H9NO. The van der Waals surface area contributed by atoms with Gasteiger partial charge in [-0.15, -0.1) is 0 Å². The van der Waals surface area contributed by atoms with Gasteiger partial charge >= 0.3 is 0 Å². The molecule has 0 aromatic heterocycles. The Morgan fingerprint density at radius 3 is 3.17 bits per heavy atom. The van der Waals surface area contributed by atoms with Crippen molar-refractivity contribution in [2.24, 2.45) is 0 Å². The Labute approximate surface area is 70.9 Å². The Balaban J connectivity index is 2.12. The average Bonchev–Trinajstić information content (AvgIpc) is 2.62. The summed E-state index contributed by atoms with van der Waals surface area (Å²) >= 11 is 0. The van der Waals surface area contributed by atoms with Gasteiger partial charge in [0.1, 0.15) is 11.9 Å². The molecule has 60 valence electrons. The molecule has 12 heavy (non-hydrogen) atoms. The van der Waals surface area contributed by atoms with Gasteiger partial charge in [0.05, 0.1) is 6.04 Å². The maximum Gasteiger partial charge on any atom is 0.143 e. The third-order valence-corrected chi connectivity index (χ3v) is 2.41. The van der Waals surface area contributed by atoms with E-state index in [1.54, 1.807) is 0 Å². The van der Waals surface area contributed by atoms with E-state index in [4.69, 9.17) is 4.74 Å². The highest BCUT2D eigenvalue weighted by Gasteiger charge is 2.34. The standard InChI is InChI=1S/C10H9NO/c1-2-4-8-7(3-1)10-9(12-8)5-6-11-10/h1-6,9-11H. The number of hydrogen-bond donors (Lipinski definition) is 1. The summed E-state index contributed by atoms with van der Waals surface area (Å²) in [5.41, 5.74) is 1.27. The van der Waals surface area contributed by atoms with E-state index in [0.29, 0.717) is 6.04 Å². The van der Waals surface area contributed by atoms with E-state index in [1.807, 2.05) is 24.4 Å². The van der Waals surface area contributed by atoms with Gasteiger partial charge in [-0.2, -0.15) is 0 Å². The summed E-state index contributed by atoms with van der Waals surface area (Å²) in [6, 6.07) is 8.53. The molecule has 1 N–H and O–H groups in total. The van der Waals surface area contributed by atoms with Gasteiger partial charge in [0.2, 0.25) is 0 Å². The summed E-state index contributed by atoms with van der Waals surface area (Å²) in [5, 5.41) is 3.27. The zero-order valence-electron chi connectivity index (χ0n) is 6.53. The molecule has 2 aliphatic rings. The number of benzene rings is 1. The highest BCUT2D eigenvalue weighted by Crippen LogP contribution is 2.38. The molecule has 3 rings (SSSR count). The minimum atomic E-state index is 0.211. The van der Waals surface area contributed by atoms with E-state index in [-0.39, 0.29) is 6.10 Å². The predicted octanol–water partition coefficient (Wildman–Crippen LogP) is 1.61. The van der Waals surface area contributed by atoms with Gasteiger partial charge in [0.25, 0.3) is 0 Å². The Kier molecular flexibility index (Phi) is 1.04. The number of rotatable bonds is 0. The summed E-state index contributed by atoms with van der Waals surface area (Å²) < 4.78 is 5.68. The van der Waals surface area contributed by atoms with Crippen LogP contribution in [0.4, 0.5) is 0 Å². The van der Waals surface area contributed by atoms with Crippen LogP contribution in [0.5, 0.6) is 5.75 Å². The van der Waals surface area contributed by atoms with Crippen LogP contribution in [0.25, 0.3) is 0 Å². The first-order valence-electron chi connectivity index (χ1n) is 4.13. The minimum absolute atomic E-state index is 0.211. The molecule has 0 radical (unpaired) electrons. The highest BCUT2D eigenvalue weighted by atomic mass is 16.5. The number of nitrogens with one attached hydrogen (secondary N) is 1. The van der Waals surface area contributed by atoms with Crippen LogP contribution >= 0.6 is 0 Å². The van der Waals surface area contributed by atoms with Crippen molar-refractivity contribution in [3.05, 3.63) is 42.1 Å². The normalized spacial score (nSPS) is 29.0. The lowest BCUT2D eigenvalue weighted by molar-refractivity contribution is 0.258. The van der Waals surface area contributed by atoms with E-state index >= 15 is 0 Å². The van der Waals surface area contributed by atoms with Crippen LogP contribution in [0.1, 0.15) is 11.6 Å². The zero-order chi connectivity index (χ0) is 7.97. The second kappa shape index (κ2) is 2.03. The van der Waals surface area contributed by atoms with E-state index in [0.717, 1.165) is 5.75 Å². The van der Waals surface area contributed by atoms with Gasteiger partial charge < -0.3 is 10.1 Å². The van der Waals surface area contributed by atoms with Gasteiger partial charge in [-0.05, 0) is 18.3 Å². The van der Waals surface area contributed by atoms with Crippen LogP contribution in [-0.2, 0) is 0 Å². The average molecular weight is 159 g/mol. The lowest BCUT2D eigenvalue weighted by Gasteiger charge is -2.07. The Morgan fingerprint density at radius 1 is 1.25 bits per heavy atom. The summed E-state index contributed by atoms with van der Waals surface area (Å²) in [6.07, 6.45) is 4.23. The van der Waals surface area contributed by atoms with Crippen molar-refractivity contribution in [3.63, 3.8) is 0 Å². The van der Waals surface area contributed by atoms with Crippen molar-refractivity contribution < 1.29 is 4.74 Å². The molecule has 0 amide bonds. The molecule has 1 aromatic carbocycles. The van der Waals surface area contributed by atoms with Crippen LogP contribution < -0.4 is 10.1 Å². The SMILES string of the molecule is C1=CC2Oc3ccccc3C2N1. The molecule has 1 aromatic rings. The van der Waals surface area contributed by atoms with Gasteiger partial charge in [0, 0.05) is 5.56 Å². The minimum Gasteiger partial charge on any atom is -0.483 e. The lowest BCUT2D eigenvalue weighted by atomic mass is 10.1. The fourth-order valence-electron chi connectivity index (χ4n) is 1.83. The summed E-state index contributed by atoms with van der Waals surface area (Å²) in [5.74, 6) is 1.02. The molecule has 2 unspecified atom stereocenters. The maximum atomic E-state index is 5.68. The molecule has 0 saturated heterocycles. The maximum absolute atomic E-state index is 5.68. The van der Waals surface area contributed by atoms with Crippen molar-refractivity contribution in [1.82, 2.24) is 5.32 Å². The topological polar surface area (TPSA) is 21.3 Å².